The summed E-state index contributed by atoms with van der Waals surface area (Å²) in [7, 11) is 0. The summed E-state index contributed by atoms with van der Waals surface area (Å²) in [4.78, 5) is 11.8. The van der Waals surface area contributed by atoms with Crippen LogP contribution in [0, 0.1) is 12.8 Å². The molecule has 0 fully saturated rings. The molecular formula is C15H24N2O3. The number of nitrogens with one attached hydrogen (secondary N) is 2. The van der Waals surface area contributed by atoms with Gasteiger partial charge in [-0.05, 0) is 50.5 Å². The highest BCUT2D eigenvalue weighted by molar-refractivity contribution is 5.89. The van der Waals surface area contributed by atoms with E-state index in [0.717, 1.165) is 11.3 Å². The first kappa shape index (κ1) is 16.3. The fourth-order valence-electron chi connectivity index (χ4n) is 1.72. The maximum Gasteiger partial charge on any atom is 0.319 e. The summed E-state index contributed by atoms with van der Waals surface area (Å²) in [6.07, 6.45) is 0. The molecule has 2 atom stereocenters. The van der Waals surface area contributed by atoms with E-state index in [4.69, 9.17) is 9.84 Å². The molecule has 3 N–H and O–H groups in total. The molecule has 0 heterocycles. The van der Waals surface area contributed by atoms with E-state index in [-0.39, 0.29) is 24.6 Å². The molecule has 0 aliphatic rings. The first-order valence-electron chi connectivity index (χ1n) is 6.89. The third-order valence-corrected chi connectivity index (χ3v) is 3.23. The number of benzene rings is 1. The van der Waals surface area contributed by atoms with E-state index in [1.807, 2.05) is 39.8 Å². The van der Waals surface area contributed by atoms with Crippen LogP contribution in [0.2, 0.25) is 0 Å². The third kappa shape index (κ3) is 4.74. The standard InChI is InChI=1S/C15H24N2O3/c1-5-20-14-7-6-13(8-10(14)2)17-15(19)16-12(4)11(3)9-18/h6-8,11-12,18H,5,9H2,1-4H3,(H2,16,17,19). The van der Waals surface area contributed by atoms with Crippen molar-refractivity contribution in [2.24, 2.45) is 5.92 Å². The normalized spacial score (nSPS) is 13.4. The Bertz CT molecular complexity index is 449. The lowest BCUT2D eigenvalue weighted by Gasteiger charge is -2.19. The number of carbonyl (C=O) groups is 1. The smallest absolute Gasteiger partial charge is 0.319 e. The van der Waals surface area contributed by atoms with Crippen LogP contribution in [-0.2, 0) is 0 Å². The van der Waals surface area contributed by atoms with E-state index in [0.29, 0.717) is 12.3 Å². The van der Waals surface area contributed by atoms with E-state index in [1.165, 1.54) is 0 Å². The molecule has 1 rings (SSSR count). The molecular weight excluding hydrogens is 256 g/mol. The van der Waals surface area contributed by atoms with Gasteiger partial charge in [-0.2, -0.15) is 0 Å². The van der Waals surface area contributed by atoms with Gasteiger partial charge in [0, 0.05) is 18.3 Å². The molecule has 5 nitrogen and oxygen atoms in total. The quantitative estimate of drug-likeness (QED) is 0.750. The van der Waals surface area contributed by atoms with Gasteiger partial charge >= 0.3 is 6.03 Å². The van der Waals surface area contributed by atoms with Crippen LogP contribution in [0.15, 0.2) is 18.2 Å². The SMILES string of the molecule is CCOc1ccc(NC(=O)NC(C)C(C)CO)cc1C. The van der Waals surface area contributed by atoms with Crippen molar-refractivity contribution >= 4 is 11.7 Å². The average molecular weight is 280 g/mol. The highest BCUT2D eigenvalue weighted by Crippen LogP contribution is 2.21. The molecule has 5 heteroatoms. The summed E-state index contributed by atoms with van der Waals surface area (Å²) in [5.41, 5.74) is 1.69. The Morgan fingerprint density at radius 2 is 2.10 bits per heavy atom. The zero-order valence-electron chi connectivity index (χ0n) is 12.6. The van der Waals surface area contributed by atoms with E-state index in [9.17, 15) is 4.79 Å². The predicted octanol–water partition coefficient (Wildman–Crippen LogP) is 2.53. The lowest BCUT2D eigenvalue weighted by atomic mass is 10.1. The van der Waals surface area contributed by atoms with Crippen LogP contribution in [0.25, 0.3) is 0 Å². The van der Waals surface area contributed by atoms with Crippen LogP contribution in [0.5, 0.6) is 5.75 Å². The van der Waals surface area contributed by atoms with Gasteiger partial charge in [-0.1, -0.05) is 6.92 Å². The summed E-state index contributed by atoms with van der Waals surface area (Å²) < 4.78 is 5.45. The van der Waals surface area contributed by atoms with Gasteiger partial charge in [-0.15, -0.1) is 0 Å². The first-order chi connectivity index (χ1) is 9.47. The number of aryl methyl sites for hydroxylation is 1. The molecule has 0 aliphatic carbocycles. The van der Waals surface area contributed by atoms with Crippen molar-refractivity contribution in [2.75, 3.05) is 18.5 Å². The van der Waals surface area contributed by atoms with Gasteiger partial charge in [-0.3, -0.25) is 0 Å². The number of anilines is 1. The van der Waals surface area contributed by atoms with E-state index in [1.54, 1.807) is 6.07 Å². The molecule has 0 saturated heterocycles. The van der Waals surface area contributed by atoms with Crippen LogP contribution in [0.1, 0.15) is 26.3 Å². The molecule has 0 aliphatic heterocycles. The number of urea groups is 1. The highest BCUT2D eigenvalue weighted by atomic mass is 16.5. The van der Waals surface area contributed by atoms with Gasteiger partial charge in [-0.25, -0.2) is 4.79 Å². The first-order valence-corrected chi connectivity index (χ1v) is 6.89. The largest absolute Gasteiger partial charge is 0.494 e. The molecule has 2 unspecified atom stereocenters. The number of ether oxygens (including phenoxy) is 1. The Kier molecular flexibility index (Phi) is 6.31. The van der Waals surface area contributed by atoms with Gasteiger partial charge in [0.2, 0.25) is 0 Å². The van der Waals surface area contributed by atoms with Crippen molar-refractivity contribution in [1.82, 2.24) is 5.32 Å². The van der Waals surface area contributed by atoms with Gasteiger partial charge in [0.25, 0.3) is 0 Å². The molecule has 0 aromatic heterocycles. The minimum absolute atomic E-state index is 0.0165. The summed E-state index contributed by atoms with van der Waals surface area (Å²) in [5, 5.41) is 14.6. The number of aliphatic hydroxyl groups excluding tert-OH is 1. The van der Waals surface area contributed by atoms with Crippen molar-refractivity contribution in [3.8, 4) is 5.75 Å². The van der Waals surface area contributed by atoms with E-state index in [2.05, 4.69) is 10.6 Å². The second-order valence-electron chi connectivity index (χ2n) is 4.96. The van der Waals surface area contributed by atoms with Crippen LogP contribution in [0.3, 0.4) is 0 Å². The Balaban J connectivity index is 2.60. The summed E-state index contributed by atoms with van der Waals surface area (Å²) in [6.45, 7) is 8.28. The Labute approximate surface area is 120 Å². The number of aliphatic hydroxyl groups is 1. The highest BCUT2D eigenvalue weighted by Gasteiger charge is 2.14. The molecule has 0 saturated carbocycles. The summed E-state index contributed by atoms with van der Waals surface area (Å²) in [5.74, 6) is 0.837. The lowest BCUT2D eigenvalue weighted by molar-refractivity contribution is 0.204. The maximum absolute atomic E-state index is 11.8. The molecule has 0 bridgehead atoms. The maximum atomic E-state index is 11.8. The Hall–Kier alpha value is -1.75. The number of carbonyl (C=O) groups excluding carboxylic acids is 1. The van der Waals surface area contributed by atoms with Crippen molar-refractivity contribution in [2.45, 2.75) is 33.7 Å². The van der Waals surface area contributed by atoms with Crippen LogP contribution in [0.4, 0.5) is 10.5 Å². The number of hydrogen-bond acceptors (Lipinski definition) is 3. The molecule has 1 aromatic carbocycles. The second-order valence-corrected chi connectivity index (χ2v) is 4.96. The lowest BCUT2D eigenvalue weighted by Crippen LogP contribution is -2.40. The molecule has 2 amide bonds. The second kappa shape index (κ2) is 7.75. The van der Waals surface area contributed by atoms with Crippen molar-refractivity contribution in [1.29, 1.82) is 0 Å². The molecule has 20 heavy (non-hydrogen) atoms. The third-order valence-electron chi connectivity index (χ3n) is 3.23. The van der Waals surface area contributed by atoms with Crippen molar-refractivity contribution < 1.29 is 14.6 Å². The zero-order chi connectivity index (χ0) is 15.1. The van der Waals surface area contributed by atoms with Gasteiger partial charge in [0.05, 0.1) is 6.61 Å². The van der Waals surface area contributed by atoms with Gasteiger partial charge < -0.3 is 20.5 Å². The Morgan fingerprint density at radius 1 is 1.40 bits per heavy atom. The fraction of sp³-hybridized carbons (Fsp3) is 0.533. The van der Waals surface area contributed by atoms with Crippen LogP contribution >= 0.6 is 0 Å². The average Bonchev–Trinajstić information content (AvgIpc) is 2.40. The van der Waals surface area contributed by atoms with Gasteiger partial charge in [0.1, 0.15) is 5.75 Å². The number of hydrogen-bond donors (Lipinski definition) is 3. The Morgan fingerprint density at radius 3 is 2.65 bits per heavy atom. The van der Waals surface area contributed by atoms with E-state index < -0.39 is 0 Å². The van der Waals surface area contributed by atoms with Crippen molar-refractivity contribution in [3.05, 3.63) is 23.8 Å². The number of amides is 2. The fourth-order valence-corrected chi connectivity index (χ4v) is 1.72. The van der Waals surface area contributed by atoms with Crippen LogP contribution < -0.4 is 15.4 Å². The van der Waals surface area contributed by atoms with E-state index >= 15 is 0 Å². The monoisotopic (exact) mass is 280 g/mol. The van der Waals surface area contributed by atoms with Crippen molar-refractivity contribution in [3.63, 3.8) is 0 Å². The summed E-state index contributed by atoms with van der Waals surface area (Å²) in [6, 6.07) is 5.14. The summed E-state index contributed by atoms with van der Waals surface area (Å²) >= 11 is 0. The predicted molar refractivity (Wildman–Crippen MR) is 80.2 cm³/mol. The number of rotatable bonds is 6. The molecule has 0 spiro atoms. The zero-order valence-corrected chi connectivity index (χ0v) is 12.6. The minimum Gasteiger partial charge on any atom is -0.494 e. The van der Waals surface area contributed by atoms with Crippen LogP contribution in [-0.4, -0.2) is 30.4 Å². The topological polar surface area (TPSA) is 70.6 Å². The molecule has 1 aromatic rings. The molecule has 112 valence electrons. The minimum atomic E-state index is -0.277. The van der Waals surface area contributed by atoms with Gasteiger partial charge in [0.15, 0.2) is 0 Å². The molecule has 0 radical (unpaired) electrons.